The molecule has 0 bridgehead atoms. The van der Waals surface area contributed by atoms with Gasteiger partial charge in [0.1, 0.15) is 11.8 Å². The zero-order valence-corrected chi connectivity index (χ0v) is 21.0. The minimum Gasteiger partial charge on any atom is -0.497 e. The molecule has 1 aromatic heterocycles. The number of methoxy groups -OCH3 is 1. The zero-order chi connectivity index (χ0) is 25.1. The van der Waals surface area contributed by atoms with Gasteiger partial charge in [0.05, 0.1) is 13.7 Å². The highest BCUT2D eigenvalue weighted by Crippen LogP contribution is 2.27. The normalized spacial score (nSPS) is 16.0. The SMILES string of the molecule is COc1cccc(Cn2nc(C(=O)NC3CC3)c3c2CCN(C(=O)[C@H](CC(C)C)NC(C)=O)C3)c1. The number of nitrogens with zero attached hydrogens (tertiary/aromatic N) is 3. The topological polar surface area (TPSA) is 106 Å². The number of carbonyl (C=O) groups excluding carboxylic acids is 3. The Morgan fingerprint density at radius 2 is 2.00 bits per heavy atom. The van der Waals surface area contributed by atoms with Crippen molar-refractivity contribution in [1.82, 2.24) is 25.3 Å². The molecule has 9 heteroatoms. The molecule has 35 heavy (non-hydrogen) atoms. The Balaban J connectivity index is 1.61. The van der Waals surface area contributed by atoms with Crippen molar-refractivity contribution in [2.24, 2.45) is 5.92 Å². The maximum absolute atomic E-state index is 13.4. The summed E-state index contributed by atoms with van der Waals surface area (Å²) < 4.78 is 7.23. The molecule has 2 aliphatic rings. The van der Waals surface area contributed by atoms with Crippen LogP contribution in [0.2, 0.25) is 0 Å². The molecular weight excluding hydrogens is 446 g/mol. The van der Waals surface area contributed by atoms with E-state index in [4.69, 9.17) is 9.84 Å². The number of hydrogen-bond acceptors (Lipinski definition) is 5. The first kappa shape index (κ1) is 24.8. The molecule has 0 radical (unpaired) electrons. The summed E-state index contributed by atoms with van der Waals surface area (Å²) >= 11 is 0. The molecule has 2 N–H and O–H groups in total. The van der Waals surface area contributed by atoms with Crippen LogP contribution in [0, 0.1) is 5.92 Å². The second-order valence-electron chi connectivity index (χ2n) is 9.92. The molecule has 0 saturated heterocycles. The van der Waals surface area contributed by atoms with Crippen molar-refractivity contribution in [2.45, 2.75) is 71.6 Å². The van der Waals surface area contributed by atoms with Gasteiger partial charge in [0.2, 0.25) is 11.8 Å². The van der Waals surface area contributed by atoms with Gasteiger partial charge in [0.15, 0.2) is 5.69 Å². The van der Waals surface area contributed by atoms with Crippen molar-refractivity contribution in [3.63, 3.8) is 0 Å². The summed E-state index contributed by atoms with van der Waals surface area (Å²) in [7, 11) is 1.63. The zero-order valence-electron chi connectivity index (χ0n) is 21.0. The number of nitrogens with one attached hydrogen (secondary N) is 2. The third kappa shape index (κ3) is 6.01. The van der Waals surface area contributed by atoms with Crippen LogP contribution in [0.4, 0.5) is 0 Å². The van der Waals surface area contributed by atoms with E-state index < -0.39 is 6.04 Å². The van der Waals surface area contributed by atoms with E-state index in [0.29, 0.717) is 38.2 Å². The Morgan fingerprint density at radius 1 is 1.23 bits per heavy atom. The van der Waals surface area contributed by atoms with Crippen LogP contribution in [0.15, 0.2) is 24.3 Å². The lowest BCUT2D eigenvalue weighted by Crippen LogP contribution is -2.50. The summed E-state index contributed by atoms with van der Waals surface area (Å²) in [6.45, 7) is 6.80. The number of hydrogen-bond donors (Lipinski definition) is 2. The number of rotatable bonds is 9. The highest BCUT2D eigenvalue weighted by atomic mass is 16.5. The average Bonchev–Trinajstić information content (AvgIpc) is 3.56. The molecule has 2 aromatic rings. The van der Waals surface area contributed by atoms with E-state index in [0.717, 1.165) is 35.4 Å². The van der Waals surface area contributed by atoms with Gasteiger partial charge < -0.3 is 20.3 Å². The van der Waals surface area contributed by atoms with Crippen molar-refractivity contribution in [3.05, 3.63) is 46.8 Å². The van der Waals surface area contributed by atoms with E-state index in [9.17, 15) is 14.4 Å². The number of aromatic nitrogens is 2. The Labute approximate surface area is 206 Å². The summed E-state index contributed by atoms with van der Waals surface area (Å²) in [4.78, 5) is 39.9. The van der Waals surface area contributed by atoms with Gasteiger partial charge in [-0.1, -0.05) is 26.0 Å². The van der Waals surface area contributed by atoms with E-state index in [1.165, 1.54) is 6.92 Å². The molecule has 0 spiro atoms. The highest BCUT2D eigenvalue weighted by molar-refractivity contribution is 5.95. The van der Waals surface area contributed by atoms with E-state index >= 15 is 0 Å². The smallest absolute Gasteiger partial charge is 0.272 e. The fraction of sp³-hybridized carbons (Fsp3) is 0.538. The van der Waals surface area contributed by atoms with Gasteiger partial charge in [-0.25, -0.2) is 0 Å². The Kier molecular flexibility index (Phi) is 7.42. The lowest BCUT2D eigenvalue weighted by molar-refractivity contribution is -0.137. The minimum absolute atomic E-state index is 0.117. The van der Waals surface area contributed by atoms with Gasteiger partial charge >= 0.3 is 0 Å². The predicted octanol–water partition coefficient (Wildman–Crippen LogP) is 2.27. The molecule has 2 heterocycles. The van der Waals surface area contributed by atoms with Crippen LogP contribution < -0.4 is 15.4 Å². The molecule has 1 aromatic carbocycles. The van der Waals surface area contributed by atoms with Crippen molar-refractivity contribution in [1.29, 1.82) is 0 Å². The fourth-order valence-electron chi connectivity index (χ4n) is 4.58. The van der Waals surface area contributed by atoms with Crippen molar-refractivity contribution < 1.29 is 19.1 Å². The molecule has 1 aliphatic carbocycles. The fourth-order valence-corrected chi connectivity index (χ4v) is 4.58. The van der Waals surface area contributed by atoms with Crippen LogP contribution in [-0.2, 0) is 29.1 Å². The molecule has 1 saturated carbocycles. The molecule has 3 amide bonds. The van der Waals surface area contributed by atoms with Crippen LogP contribution in [0.25, 0.3) is 0 Å². The van der Waals surface area contributed by atoms with Gasteiger partial charge in [-0.05, 0) is 42.9 Å². The Hall–Kier alpha value is -3.36. The van der Waals surface area contributed by atoms with Crippen LogP contribution in [-0.4, -0.2) is 58.1 Å². The van der Waals surface area contributed by atoms with Crippen LogP contribution in [0.1, 0.15) is 67.3 Å². The molecule has 0 unspecified atom stereocenters. The molecule has 4 rings (SSSR count). The minimum atomic E-state index is -0.579. The second kappa shape index (κ2) is 10.5. The third-order valence-corrected chi connectivity index (χ3v) is 6.42. The number of fused-ring (bicyclic) bond motifs is 1. The van der Waals surface area contributed by atoms with Gasteiger partial charge in [0, 0.05) is 43.7 Å². The number of benzene rings is 1. The van der Waals surface area contributed by atoms with E-state index in [1.807, 2.05) is 42.8 Å². The van der Waals surface area contributed by atoms with Crippen molar-refractivity contribution in [2.75, 3.05) is 13.7 Å². The molecule has 9 nitrogen and oxygen atoms in total. The summed E-state index contributed by atoms with van der Waals surface area (Å²) in [6, 6.07) is 7.41. The monoisotopic (exact) mass is 481 g/mol. The Bertz CT molecular complexity index is 1110. The van der Waals surface area contributed by atoms with Gasteiger partial charge in [0.25, 0.3) is 5.91 Å². The van der Waals surface area contributed by atoms with Gasteiger partial charge in [-0.3, -0.25) is 19.1 Å². The highest BCUT2D eigenvalue weighted by Gasteiger charge is 2.34. The lowest BCUT2D eigenvalue weighted by atomic mass is 9.99. The first-order valence-electron chi connectivity index (χ1n) is 12.3. The predicted molar refractivity (Wildman–Crippen MR) is 131 cm³/mol. The van der Waals surface area contributed by atoms with Crippen LogP contribution in [0.5, 0.6) is 5.75 Å². The standard InChI is InChI=1S/C26H35N5O4/c1-16(2)12-22(27-17(3)32)26(34)30-11-10-23-21(15-30)24(25(33)28-19-8-9-19)29-31(23)14-18-6-5-7-20(13-18)35-4/h5-7,13,16,19,22H,8-12,14-15H2,1-4H3,(H,27,32)(H,28,33)/t22-/m0/s1. The Morgan fingerprint density at radius 3 is 2.66 bits per heavy atom. The second-order valence-corrected chi connectivity index (χ2v) is 9.92. The maximum atomic E-state index is 13.4. The van der Waals surface area contributed by atoms with Crippen LogP contribution in [0.3, 0.4) is 0 Å². The third-order valence-electron chi connectivity index (χ3n) is 6.42. The van der Waals surface area contributed by atoms with E-state index in [1.54, 1.807) is 12.0 Å². The van der Waals surface area contributed by atoms with E-state index in [2.05, 4.69) is 10.6 Å². The number of ether oxygens (including phenoxy) is 1. The van der Waals surface area contributed by atoms with Gasteiger partial charge in [-0.2, -0.15) is 5.10 Å². The maximum Gasteiger partial charge on any atom is 0.272 e. The average molecular weight is 482 g/mol. The van der Waals surface area contributed by atoms with Crippen molar-refractivity contribution in [3.8, 4) is 5.75 Å². The van der Waals surface area contributed by atoms with Crippen LogP contribution >= 0.6 is 0 Å². The quantitative estimate of drug-likeness (QED) is 0.572. The summed E-state index contributed by atoms with van der Waals surface area (Å²) in [6.07, 6.45) is 3.11. The number of amides is 3. The number of carbonyl (C=O) groups is 3. The summed E-state index contributed by atoms with van der Waals surface area (Å²) in [5.74, 6) is 0.483. The molecule has 1 atom stereocenters. The molecular formula is C26H35N5O4. The van der Waals surface area contributed by atoms with Crippen molar-refractivity contribution >= 4 is 17.7 Å². The summed E-state index contributed by atoms with van der Waals surface area (Å²) in [5.41, 5.74) is 3.16. The molecule has 1 aliphatic heterocycles. The molecule has 1 fully saturated rings. The van der Waals surface area contributed by atoms with Gasteiger partial charge in [-0.15, -0.1) is 0 Å². The lowest BCUT2D eigenvalue weighted by Gasteiger charge is -2.32. The summed E-state index contributed by atoms with van der Waals surface area (Å²) in [5, 5.41) is 10.6. The first-order valence-corrected chi connectivity index (χ1v) is 12.3. The molecule has 188 valence electrons. The largest absolute Gasteiger partial charge is 0.497 e. The first-order chi connectivity index (χ1) is 16.7. The van der Waals surface area contributed by atoms with E-state index in [-0.39, 0.29) is 29.7 Å².